The molecule has 0 aliphatic rings. The van der Waals surface area contributed by atoms with Gasteiger partial charge in [0, 0.05) is 13.1 Å². The molecule has 0 aliphatic heterocycles. The van der Waals surface area contributed by atoms with E-state index in [4.69, 9.17) is 5.11 Å². The lowest BCUT2D eigenvalue weighted by Gasteiger charge is -2.29. The summed E-state index contributed by atoms with van der Waals surface area (Å²) in [5, 5.41) is 13.8. The summed E-state index contributed by atoms with van der Waals surface area (Å²) in [5.41, 5.74) is -0.0656. The zero-order chi connectivity index (χ0) is 15.2. The zero-order valence-electron chi connectivity index (χ0n) is 12.8. The predicted octanol–water partition coefficient (Wildman–Crippen LogP) is 0.983. The van der Waals surface area contributed by atoms with E-state index < -0.39 is 12.1 Å². The standard InChI is InChI=1S/C13H27N3O3/c1-9(2)10(15-12(18)19)11(17)14-7-13(3,4)8-16(5)6/h9-10,15H,7-8H2,1-6H3,(H,14,17)(H,18,19). The van der Waals surface area contributed by atoms with Crippen LogP contribution in [0, 0.1) is 11.3 Å². The summed E-state index contributed by atoms with van der Waals surface area (Å²) in [4.78, 5) is 24.7. The summed E-state index contributed by atoms with van der Waals surface area (Å²) in [7, 11) is 3.96. The minimum absolute atomic E-state index is 0.0656. The van der Waals surface area contributed by atoms with Gasteiger partial charge in [0.25, 0.3) is 0 Å². The molecule has 0 aromatic rings. The molecule has 19 heavy (non-hydrogen) atoms. The second-order valence-electron chi connectivity index (χ2n) is 6.29. The number of nitrogens with one attached hydrogen (secondary N) is 2. The third-order valence-electron chi connectivity index (χ3n) is 2.71. The second kappa shape index (κ2) is 7.33. The molecule has 0 saturated carbocycles. The Bertz CT molecular complexity index is 314. The first kappa shape index (κ1) is 17.7. The molecule has 0 bridgehead atoms. The molecule has 0 spiro atoms. The average molecular weight is 273 g/mol. The Labute approximate surface area is 115 Å². The van der Waals surface area contributed by atoms with Gasteiger partial charge in [-0.25, -0.2) is 4.79 Å². The summed E-state index contributed by atoms with van der Waals surface area (Å²) < 4.78 is 0. The van der Waals surface area contributed by atoms with Crippen LogP contribution < -0.4 is 10.6 Å². The number of carbonyl (C=O) groups is 2. The Morgan fingerprint density at radius 1 is 1.26 bits per heavy atom. The lowest BCUT2D eigenvalue weighted by Crippen LogP contribution is -2.51. The van der Waals surface area contributed by atoms with Gasteiger partial charge in [0.05, 0.1) is 0 Å². The van der Waals surface area contributed by atoms with Crippen molar-refractivity contribution in [2.75, 3.05) is 27.2 Å². The Kier molecular flexibility index (Phi) is 6.83. The van der Waals surface area contributed by atoms with Crippen LogP contribution >= 0.6 is 0 Å². The number of hydrogen-bond acceptors (Lipinski definition) is 3. The third-order valence-corrected chi connectivity index (χ3v) is 2.71. The molecular weight excluding hydrogens is 246 g/mol. The molecule has 0 fully saturated rings. The van der Waals surface area contributed by atoms with Crippen LogP contribution in [-0.2, 0) is 4.79 Å². The highest BCUT2D eigenvalue weighted by Gasteiger charge is 2.26. The van der Waals surface area contributed by atoms with Crippen molar-refractivity contribution in [1.29, 1.82) is 0 Å². The van der Waals surface area contributed by atoms with Crippen molar-refractivity contribution in [3.05, 3.63) is 0 Å². The Morgan fingerprint density at radius 3 is 2.16 bits per heavy atom. The van der Waals surface area contributed by atoms with E-state index in [9.17, 15) is 9.59 Å². The molecule has 1 unspecified atom stereocenters. The maximum atomic E-state index is 12.0. The van der Waals surface area contributed by atoms with Gasteiger partial charge in [-0.1, -0.05) is 27.7 Å². The Balaban J connectivity index is 4.45. The highest BCUT2D eigenvalue weighted by molar-refractivity contribution is 5.85. The van der Waals surface area contributed by atoms with Crippen LogP contribution in [0.4, 0.5) is 4.79 Å². The smallest absolute Gasteiger partial charge is 0.405 e. The first-order valence-electron chi connectivity index (χ1n) is 6.47. The Hall–Kier alpha value is -1.30. The van der Waals surface area contributed by atoms with Crippen LogP contribution in [0.2, 0.25) is 0 Å². The molecule has 112 valence electrons. The molecule has 3 N–H and O–H groups in total. The summed E-state index contributed by atoms with van der Waals surface area (Å²) in [5.74, 6) is -0.364. The van der Waals surface area contributed by atoms with Crippen LogP contribution in [0.25, 0.3) is 0 Å². The molecule has 0 heterocycles. The minimum Gasteiger partial charge on any atom is -0.465 e. The number of rotatable bonds is 7. The molecule has 0 aromatic carbocycles. The number of amides is 2. The molecule has 2 amide bonds. The first-order chi connectivity index (χ1) is 8.55. The van der Waals surface area contributed by atoms with Gasteiger partial charge in [-0.2, -0.15) is 0 Å². The lowest BCUT2D eigenvalue weighted by molar-refractivity contribution is -0.124. The fourth-order valence-corrected chi connectivity index (χ4v) is 2.02. The van der Waals surface area contributed by atoms with Crippen LogP contribution in [0.1, 0.15) is 27.7 Å². The summed E-state index contributed by atoms with van der Waals surface area (Å²) in [6, 6.07) is -0.715. The van der Waals surface area contributed by atoms with E-state index in [1.165, 1.54) is 0 Å². The summed E-state index contributed by atoms with van der Waals surface area (Å²) in [6.07, 6.45) is -1.18. The third kappa shape index (κ3) is 7.66. The van der Waals surface area contributed by atoms with Gasteiger partial charge in [-0.15, -0.1) is 0 Å². The van der Waals surface area contributed by atoms with Crippen LogP contribution in [0.3, 0.4) is 0 Å². The van der Waals surface area contributed by atoms with E-state index in [0.29, 0.717) is 6.54 Å². The highest BCUT2D eigenvalue weighted by Crippen LogP contribution is 2.14. The van der Waals surface area contributed by atoms with Crippen molar-refractivity contribution in [3.63, 3.8) is 0 Å². The van der Waals surface area contributed by atoms with Crippen molar-refractivity contribution in [3.8, 4) is 0 Å². The first-order valence-corrected chi connectivity index (χ1v) is 6.47. The van der Waals surface area contributed by atoms with Gasteiger partial charge >= 0.3 is 6.09 Å². The topological polar surface area (TPSA) is 81.7 Å². The summed E-state index contributed by atoms with van der Waals surface area (Å²) >= 11 is 0. The van der Waals surface area contributed by atoms with E-state index in [-0.39, 0.29) is 17.2 Å². The van der Waals surface area contributed by atoms with E-state index in [1.807, 2.05) is 27.9 Å². The predicted molar refractivity (Wildman–Crippen MR) is 75.1 cm³/mol. The van der Waals surface area contributed by atoms with E-state index >= 15 is 0 Å². The molecule has 6 nitrogen and oxygen atoms in total. The van der Waals surface area contributed by atoms with Gasteiger partial charge in [-0.05, 0) is 25.4 Å². The normalized spacial score (nSPS) is 13.5. The minimum atomic E-state index is -1.18. The maximum Gasteiger partial charge on any atom is 0.405 e. The van der Waals surface area contributed by atoms with Gasteiger partial charge < -0.3 is 20.6 Å². The quantitative estimate of drug-likeness (QED) is 0.646. The SMILES string of the molecule is CC(C)C(NC(=O)O)C(=O)NCC(C)(C)CN(C)C. The fourth-order valence-electron chi connectivity index (χ4n) is 2.02. The van der Waals surface area contributed by atoms with Gasteiger partial charge in [-0.3, -0.25) is 4.79 Å². The summed E-state index contributed by atoms with van der Waals surface area (Å²) in [6.45, 7) is 9.08. The van der Waals surface area contributed by atoms with Crippen molar-refractivity contribution in [2.45, 2.75) is 33.7 Å². The number of carboxylic acid groups (broad SMARTS) is 1. The monoisotopic (exact) mass is 273 g/mol. The van der Waals surface area contributed by atoms with Crippen LogP contribution in [0.15, 0.2) is 0 Å². The van der Waals surface area contributed by atoms with E-state index in [1.54, 1.807) is 0 Å². The zero-order valence-corrected chi connectivity index (χ0v) is 12.8. The second-order valence-corrected chi connectivity index (χ2v) is 6.29. The lowest BCUT2D eigenvalue weighted by atomic mass is 9.92. The van der Waals surface area contributed by atoms with Gasteiger partial charge in [0.2, 0.25) is 5.91 Å². The number of carbonyl (C=O) groups excluding carboxylic acids is 1. The maximum absolute atomic E-state index is 12.0. The Morgan fingerprint density at radius 2 is 1.79 bits per heavy atom. The molecular formula is C13H27N3O3. The van der Waals surface area contributed by atoms with Gasteiger partial charge in [0.15, 0.2) is 0 Å². The molecule has 0 aliphatic carbocycles. The van der Waals surface area contributed by atoms with Crippen molar-refractivity contribution in [1.82, 2.24) is 15.5 Å². The van der Waals surface area contributed by atoms with Gasteiger partial charge in [0.1, 0.15) is 6.04 Å². The fraction of sp³-hybridized carbons (Fsp3) is 0.846. The number of nitrogens with zero attached hydrogens (tertiary/aromatic N) is 1. The van der Waals surface area contributed by atoms with Crippen LogP contribution in [0.5, 0.6) is 0 Å². The molecule has 6 heteroatoms. The van der Waals surface area contributed by atoms with Crippen molar-refractivity contribution in [2.24, 2.45) is 11.3 Å². The van der Waals surface area contributed by atoms with E-state index in [2.05, 4.69) is 29.4 Å². The van der Waals surface area contributed by atoms with Crippen molar-refractivity contribution >= 4 is 12.0 Å². The van der Waals surface area contributed by atoms with Crippen molar-refractivity contribution < 1.29 is 14.7 Å². The molecule has 0 radical (unpaired) electrons. The number of hydrogen-bond donors (Lipinski definition) is 3. The molecule has 0 saturated heterocycles. The average Bonchev–Trinajstić information content (AvgIpc) is 2.20. The molecule has 1 atom stereocenters. The largest absolute Gasteiger partial charge is 0.465 e. The highest BCUT2D eigenvalue weighted by atomic mass is 16.4. The van der Waals surface area contributed by atoms with Crippen LogP contribution in [-0.4, -0.2) is 55.2 Å². The van der Waals surface area contributed by atoms with E-state index in [0.717, 1.165) is 6.54 Å². The molecule has 0 rings (SSSR count). The molecule has 0 aromatic heterocycles.